The Hall–Kier alpha value is -3.09. The second kappa shape index (κ2) is 6.43. The van der Waals surface area contributed by atoms with E-state index in [1.54, 1.807) is 26.7 Å². The lowest BCUT2D eigenvalue weighted by atomic mass is 9.93. The zero-order chi connectivity index (χ0) is 17.2. The van der Waals surface area contributed by atoms with Crippen LogP contribution in [0.4, 0.5) is 5.95 Å². The Morgan fingerprint density at radius 3 is 2.88 bits per heavy atom. The molecule has 1 aliphatic heterocycles. The molecule has 3 heterocycles. The van der Waals surface area contributed by atoms with Gasteiger partial charge in [0.25, 0.3) is 0 Å². The Morgan fingerprint density at radius 1 is 1.20 bits per heavy atom. The molecule has 3 aromatic rings. The molecular formula is C18H19N5O2. The molecule has 1 aliphatic rings. The number of aromatic nitrogens is 4. The number of hydrogen-bond donors (Lipinski definition) is 1. The van der Waals surface area contributed by atoms with E-state index < -0.39 is 0 Å². The van der Waals surface area contributed by atoms with Crippen LogP contribution in [0.15, 0.2) is 49.1 Å². The maximum absolute atomic E-state index is 5.58. The van der Waals surface area contributed by atoms with Crippen LogP contribution in [0.25, 0.3) is 0 Å². The molecule has 0 aliphatic carbocycles. The number of hydrogen-bond acceptors (Lipinski definition) is 6. The van der Waals surface area contributed by atoms with E-state index in [1.165, 1.54) is 0 Å². The first kappa shape index (κ1) is 15.4. The van der Waals surface area contributed by atoms with E-state index in [4.69, 9.17) is 9.47 Å². The summed E-state index contributed by atoms with van der Waals surface area (Å²) in [5.74, 6) is 2.32. The molecule has 4 rings (SSSR count). The number of fused-ring (bicyclic) bond motifs is 1. The van der Waals surface area contributed by atoms with Crippen molar-refractivity contribution in [1.29, 1.82) is 0 Å². The highest BCUT2D eigenvalue weighted by molar-refractivity contribution is 5.45. The minimum Gasteiger partial charge on any atom is -0.497 e. The molecule has 0 amide bonds. The number of pyridine rings is 1. The minimum absolute atomic E-state index is 0.0194. The molecule has 0 bridgehead atoms. The minimum atomic E-state index is -0.0194. The van der Waals surface area contributed by atoms with Crippen LogP contribution in [0.1, 0.15) is 29.6 Å². The normalized spacial score (nSPS) is 19.0. The van der Waals surface area contributed by atoms with Gasteiger partial charge in [-0.15, -0.1) is 0 Å². The molecule has 7 heteroatoms. The first-order chi connectivity index (χ1) is 12.3. The second-order valence-electron chi connectivity index (χ2n) is 5.87. The Kier molecular flexibility index (Phi) is 3.97. The summed E-state index contributed by atoms with van der Waals surface area (Å²) in [5, 5.41) is 7.84. The average molecular weight is 337 g/mol. The predicted molar refractivity (Wildman–Crippen MR) is 92.9 cm³/mol. The van der Waals surface area contributed by atoms with E-state index in [1.807, 2.05) is 35.1 Å². The molecule has 0 saturated carbocycles. The van der Waals surface area contributed by atoms with Gasteiger partial charge in [-0.25, -0.2) is 4.68 Å². The summed E-state index contributed by atoms with van der Waals surface area (Å²) in [7, 11) is 3.33. The van der Waals surface area contributed by atoms with Crippen LogP contribution in [0.5, 0.6) is 11.5 Å². The first-order valence-electron chi connectivity index (χ1n) is 8.08. The van der Waals surface area contributed by atoms with E-state index in [0.717, 1.165) is 35.0 Å². The highest BCUT2D eigenvalue weighted by Gasteiger charge is 2.32. The number of methoxy groups -OCH3 is 2. The third-order valence-electron chi connectivity index (χ3n) is 4.51. The zero-order valence-electron chi connectivity index (χ0n) is 14.1. The van der Waals surface area contributed by atoms with Crippen molar-refractivity contribution < 1.29 is 9.47 Å². The Labute approximate surface area is 145 Å². The molecule has 0 radical (unpaired) electrons. The van der Waals surface area contributed by atoms with Crippen LogP contribution < -0.4 is 14.8 Å². The van der Waals surface area contributed by atoms with E-state index in [9.17, 15) is 0 Å². The summed E-state index contributed by atoms with van der Waals surface area (Å²) in [4.78, 5) is 8.59. The lowest BCUT2D eigenvalue weighted by Gasteiger charge is -2.32. The molecule has 0 unspecified atom stereocenters. The van der Waals surface area contributed by atoms with Gasteiger partial charge in [0.05, 0.1) is 26.3 Å². The number of rotatable bonds is 4. The van der Waals surface area contributed by atoms with Gasteiger partial charge in [0.2, 0.25) is 5.95 Å². The maximum atomic E-state index is 5.58. The lowest BCUT2D eigenvalue weighted by Crippen LogP contribution is -2.28. The summed E-state index contributed by atoms with van der Waals surface area (Å²) in [6.45, 7) is 0. The largest absolute Gasteiger partial charge is 0.497 e. The van der Waals surface area contributed by atoms with Gasteiger partial charge in [0.15, 0.2) is 0 Å². The quantitative estimate of drug-likeness (QED) is 0.789. The van der Waals surface area contributed by atoms with Crippen LogP contribution in [0.2, 0.25) is 0 Å². The van der Waals surface area contributed by atoms with Gasteiger partial charge >= 0.3 is 0 Å². The predicted octanol–water partition coefficient (Wildman–Crippen LogP) is 2.84. The molecule has 25 heavy (non-hydrogen) atoms. The Balaban J connectivity index is 1.79. The van der Waals surface area contributed by atoms with Gasteiger partial charge in [0, 0.05) is 18.0 Å². The van der Waals surface area contributed by atoms with Crippen LogP contribution >= 0.6 is 0 Å². The monoisotopic (exact) mass is 337 g/mol. The third kappa shape index (κ3) is 2.77. The molecule has 7 nitrogen and oxygen atoms in total. The summed E-state index contributed by atoms with van der Waals surface area (Å²) in [5.41, 5.74) is 2.13. The Bertz CT molecular complexity index is 865. The molecule has 1 N–H and O–H groups in total. The number of benzene rings is 1. The highest BCUT2D eigenvalue weighted by Crippen LogP contribution is 2.41. The van der Waals surface area contributed by atoms with Gasteiger partial charge in [-0.3, -0.25) is 4.98 Å². The first-order valence-corrected chi connectivity index (χ1v) is 8.08. The van der Waals surface area contributed by atoms with E-state index in [-0.39, 0.29) is 12.1 Å². The van der Waals surface area contributed by atoms with E-state index in [2.05, 4.69) is 26.4 Å². The SMILES string of the molecule is COc1ccc(OC)c([C@H]2C[C@@H](c3cccnc3)Nc3ncnn32)c1. The number of nitrogens with one attached hydrogen (secondary N) is 1. The van der Waals surface area contributed by atoms with Crippen LogP contribution in [-0.4, -0.2) is 34.0 Å². The topological polar surface area (TPSA) is 74.1 Å². The fourth-order valence-electron chi connectivity index (χ4n) is 3.28. The molecule has 0 saturated heterocycles. The molecule has 1 aromatic carbocycles. The van der Waals surface area contributed by atoms with Crippen LogP contribution in [0.3, 0.4) is 0 Å². The molecule has 0 spiro atoms. The van der Waals surface area contributed by atoms with Crippen molar-refractivity contribution in [3.8, 4) is 11.5 Å². The fraction of sp³-hybridized carbons (Fsp3) is 0.278. The van der Waals surface area contributed by atoms with Crippen molar-refractivity contribution in [2.75, 3.05) is 19.5 Å². The average Bonchev–Trinajstić information content (AvgIpc) is 3.16. The second-order valence-corrected chi connectivity index (χ2v) is 5.87. The van der Waals surface area contributed by atoms with Gasteiger partial charge in [-0.05, 0) is 36.2 Å². The van der Waals surface area contributed by atoms with Gasteiger partial charge in [0.1, 0.15) is 17.8 Å². The summed E-state index contributed by atoms with van der Waals surface area (Å²) >= 11 is 0. The summed E-state index contributed by atoms with van der Waals surface area (Å²) in [6, 6.07) is 9.89. The van der Waals surface area contributed by atoms with Crippen molar-refractivity contribution >= 4 is 5.95 Å². The fourth-order valence-corrected chi connectivity index (χ4v) is 3.28. The van der Waals surface area contributed by atoms with Crippen LogP contribution in [0, 0.1) is 0 Å². The standard InChI is InChI=1S/C18H19N5O2/c1-24-13-5-6-17(25-2)14(8-13)16-9-15(12-4-3-7-19-10-12)22-18-20-11-21-23(16)18/h3-8,10-11,15-16H,9H2,1-2H3,(H,20,21,22)/t15-,16+/m0/s1. The van der Waals surface area contributed by atoms with Crippen LogP contribution in [-0.2, 0) is 0 Å². The molecule has 2 aromatic heterocycles. The molecular weight excluding hydrogens is 318 g/mol. The van der Waals surface area contributed by atoms with Gasteiger partial charge in [-0.2, -0.15) is 10.1 Å². The zero-order valence-corrected chi connectivity index (χ0v) is 14.1. The molecule has 128 valence electrons. The van der Waals surface area contributed by atoms with E-state index in [0.29, 0.717) is 0 Å². The van der Waals surface area contributed by atoms with Crippen molar-refractivity contribution in [1.82, 2.24) is 19.7 Å². The number of ether oxygens (including phenoxy) is 2. The van der Waals surface area contributed by atoms with Crippen molar-refractivity contribution in [2.24, 2.45) is 0 Å². The number of nitrogens with zero attached hydrogens (tertiary/aromatic N) is 4. The van der Waals surface area contributed by atoms with Crippen molar-refractivity contribution in [3.05, 3.63) is 60.2 Å². The van der Waals surface area contributed by atoms with E-state index >= 15 is 0 Å². The van der Waals surface area contributed by atoms with Gasteiger partial charge in [-0.1, -0.05) is 6.07 Å². The summed E-state index contributed by atoms with van der Waals surface area (Å²) in [6.07, 6.45) is 6.01. The third-order valence-corrected chi connectivity index (χ3v) is 4.51. The molecule has 2 atom stereocenters. The van der Waals surface area contributed by atoms with Gasteiger partial charge < -0.3 is 14.8 Å². The smallest absolute Gasteiger partial charge is 0.222 e. The molecule has 0 fully saturated rings. The van der Waals surface area contributed by atoms with Crippen molar-refractivity contribution in [2.45, 2.75) is 18.5 Å². The lowest BCUT2D eigenvalue weighted by molar-refractivity contribution is 0.373. The maximum Gasteiger partial charge on any atom is 0.222 e. The summed E-state index contributed by atoms with van der Waals surface area (Å²) < 4.78 is 12.9. The Morgan fingerprint density at radius 2 is 2.12 bits per heavy atom. The van der Waals surface area contributed by atoms with Crippen molar-refractivity contribution in [3.63, 3.8) is 0 Å². The highest BCUT2D eigenvalue weighted by atomic mass is 16.5. The number of anilines is 1.